The second-order valence-electron chi connectivity index (χ2n) is 5.79. The van der Waals surface area contributed by atoms with Crippen LogP contribution in [0.15, 0.2) is 29.6 Å². The summed E-state index contributed by atoms with van der Waals surface area (Å²) >= 11 is 13.5. The molecule has 0 unspecified atom stereocenters. The van der Waals surface area contributed by atoms with Crippen molar-refractivity contribution >= 4 is 46.3 Å². The van der Waals surface area contributed by atoms with Crippen LogP contribution in [0.3, 0.4) is 0 Å². The van der Waals surface area contributed by atoms with Gasteiger partial charge in [-0.2, -0.15) is 0 Å². The summed E-state index contributed by atoms with van der Waals surface area (Å²) in [7, 11) is 0. The molecule has 3 atom stereocenters. The Hall–Kier alpha value is -1.72. The Morgan fingerprint density at radius 1 is 1.07 bits per heavy atom. The van der Waals surface area contributed by atoms with Crippen LogP contribution in [-0.4, -0.2) is 70.3 Å². The Kier molecular flexibility index (Phi) is 8.84. The average Bonchev–Trinajstić information content (AvgIpc) is 3.26. The van der Waals surface area contributed by atoms with Crippen molar-refractivity contribution in [2.75, 3.05) is 19.8 Å². The van der Waals surface area contributed by atoms with Gasteiger partial charge in [-0.15, -0.1) is 11.3 Å². The lowest BCUT2D eigenvalue weighted by Crippen LogP contribution is -2.44. The Morgan fingerprint density at radius 2 is 1.79 bits per heavy atom. The van der Waals surface area contributed by atoms with Gasteiger partial charge in [0.25, 0.3) is 0 Å². The van der Waals surface area contributed by atoms with Crippen molar-refractivity contribution in [3.8, 4) is 5.75 Å². The zero-order valence-corrected chi connectivity index (χ0v) is 17.2. The predicted octanol–water partition coefficient (Wildman–Crippen LogP) is 1.28. The second kappa shape index (κ2) is 10.9. The highest BCUT2D eigenvalue weighted by molar-refractivity contribution is 7.12. The summed E-state index contributed by atoms with van der Waals surface area (Å²) in [6, 6.07) is 6.16. The van der Waals surface area contributed by atoms with Gasteiger partial charge in [-0.25, -0.2) is 4.79 Å². The van der Waals surface area contributed by atoms with Crippen LogP contribution >= 0.6 is 34.5 Å². The quantitative estimate of drug-likeness (QED) is 0.305. The zero-order valence-electron chi connectivity index (χ0n) is 14.8. The molecule has 0 aliphatic heterocycles. The summed E-state index contributed by atoms with van der Waals surface area (Å²) in [6.45, 7) is -2.21. The van der Waals surface area contributed by atoms with Crippen LogP contribution < -0.4 is 4.74 Å². The number of carbonyl (C=O) groups is 2. The molecule has 0 radical (unpaired) electrons. The molecular weight excluding hydrogens is 447 g/mol. The number of carbonyl (C=O) groups excluding carboxylic acids is 2. The van der Waals surface area contributed by atoms with Crippen molar-refractivity contribution in [1.82, 2.24) is 0 Å². The van der Waals surface area contributed by atoms with E-state index in [0.717, 1.165) is 0 Å². The maximum Gasteiger partial charge on any atom is 0.344 e. The minimum atomic E-state index is -1.69. The fraction of sp³-hybridized carbons (Fsp3) is 0.333. The highest BCUT2D eigenvalue weighted by Gasteiger charge is 2.29. The molecule has 11 heteroatoms. The van der Waals surface area contributed by atoms with Gasteiger partial charge < -0.3 is 29.9 Å². The first-order chi connectivity index (χ1) is 13.8. The lowest BCUT2D eigenvalue weighted by molar-refractivity contribution is -0.167. The van der Waals surface area contributed by atoms with Crippen molar-refractivity contribution in [2.45, 2.75) is 18.3 Å². The third kappa shape index (κ3) is 5.89. The van der Waals surface area contributed by atoms with Crippen LogP contribution in [0.4, 0.5) is 0 Å². The van der Waals surface area contributed by atoms with E-state index in [1.165, 1.54) is 23.5 Å². The molecule has 8 nitrogen and oxygen atoms in total. The van der Waals surface area contributed by atoms with Crippen molar-refractivity contribution < 1.29 is 39.5 Å². The van der Waals surface area contributed by atoms with E-state index in [-0.39, 0.29) is 27.1 Å². The van der Waals surface area contributed by atoms with Crippen molar-refractivity contribution in [3.63, 3.8) is 0 Å². The van der Waals surface area contributed by atoms with Crippen molar-refractivity contribution in [3.05, 3.63) is 50.1 Å². The molecule has 4 N–H and O–H groups in total. The Morgan fingerprint density at radius 3 is 2.38 bits per heavy atom. The van der Waals surface area contributed by atoms with E-state index in [2.05, 4.69) is 0 Å². The fourth-order valence-electron chi connectivity index (χ4n) is 2.27. The molecule has 1 heterocycles. The molecule has 158 valence electrons. The van der Waals surface area contributed by atoms with Gasteiger partial charge >= 0.3 is 5.97 Å². The first-order valence-electron chi connectivity index (χ1n) is 8.26. The number of hydrogen-bond donors (Lipinski definition) is 4. The number of aliphatic hydroxyl groups excluding tert-OH is 4. The lowest BCUT2D eigenvalue weighted by atomic mass is 10.1. The molecule has 0 aliphatic carbocycles. The number of thiophene rings is 1. The molecule has 0 bridgehead atoms. The van der Waals surface area contributed by atoms with E-state index < -0.39 is 44.1 Å². The molecule has 2 rings (SSSR count). The van der Waals surface area contributed by atoms with Gasteiger partial charge in [-0.05, 0) is 23.6 Å². The molecule has 0 saturated heterocycles. The third-order valence-electron chi connectivity index (χ3n) is 3.81. The van der Waals surface area contributed by atoms with Gasteiger partial charge in [0.1, 0.15) is 23.0 Å². The van der Waals surface area contributed by atoms with Crippen LogP contribution in [0.5, 0.6) is 5.75 Å². The number of benzene rings is 1. The summed E-state index contributed by atoms with van der Waals surface area (Å²) in [5.74, 6) is -1.26. The second-order valence-corrected chi connectivity index (χ2v) is 7.49. The smallest absolute Gasteiger partial charge is 0.344 e. The minimum Gasteiger partial charge on any atom is -0.480 e. The predicted molar refractivity (Wildman–Crippen MR) is 106 cm³/mol. The van der Waals surface area contributed by atoms with Gasteiger partial charge in [-0.1, -0.05) is 29.3 Å². The van der Waals surface area contributed by atoms with Crippen LogP contribution in [-0.2, 0) is 9.53 Å². The Labute approximate surface area is 179 Å². The third-order valence-corrected chi connectivity index (χ3v) is 5.54. The van der Waals surface area contributed by atoms with E-state index in [4.69, 9.17) is 37.8 Å². The Bertz CT molecular complexity index is 843. The molecule has 1 aromatic carbocycles. The van der Waals surface area contributed by atoms with Gasteiger partial charge in [0.2, 0.25) is 5.78 Å². The molecule has 0 saturated carbocycles. The largest absolute Gasteiger partial charge is 0.480 e. The number of hydrogen-bond acceptors (Lipinski definition) is 9. The number of ether oxygens (including phenoxy) is 2. The lowest BCUT2D eigenvalue weighted by Gasteiger charge is -2.24. The number of esters is 1. The molecule has 2 aromatic rings. The van der Waals surface area contributed by atoms with Gasteiger partial charge in [0.15, 0.2) is 12.7 Å². The monoisotopic (exact) mass is 464 g/mol. The van der Waals surface area contributed by atoms with Crippen LogP contribution in [0.25, 0.3) is 0 Å². The van der Waals surface area contributed by atoms with E-state index in [9.17, 15) is 24.9 Å². The first kappa shape index (κ1) is 23.6. The normalized spacial score (nSPS) is 14.1. The van der Waals surface area contributed by atoms with Gasteiger partial charge in [0.05, 0.1) is 23.1 Å². The standard InChI is InChI=1S/C18H18Cl2O8S/c19-15-9(17(25)13-2-1-5-29-13)3-4-11(16(15)20)27-8-14(24)28-12(7-22)18(26)10(23)6-21/h1-5,10,12,18,21-23,26H,6-8H2/t10-,12+,18-/m1/s1. The van der Waals surface area contributed by atoms with Crippen molar-refractivity contribution in [2.24, 2.45) is 0 Å². The summed E-state index contributed by atoms with van der Waals surface area (Å²) in [5, 5.41) is 38.7. The topological polar surface area (TPSA) is 134 Å². The minimum absolute atomic E-state index is 0.0211. The average molecular weight is 465 g/mol. The molecule has 0 amide bonds. The summed E-state index contributed by atoms with van der Waals surface area (Å²) in [6.07, 6.45) is -4.74. The molecule has 1 aromatic heterocycles. The van der Waals surface area contributed by atoms with Crippen LogP contribution in [0.2, 0.25) is 10.0 Å². The van der Waals surface area contributed by atoms with Crippen LogP contribution in [0, 0.1) is 0 Å². The van der Waals surface area contributed by atoms with Crippen LogP contribution in [0.1, 0.15) is 15.2 Å². The molecule has 0 aliphatic rings. The fourth-order valence-corrected chi connectivity index (χ4v) is 3.41. The summed E-state index contributed by atoms with van der Waals surface area (Å²) in [4.78, 5) is 24.8. The molecular formula is C18H18Cl2O8S. The van der Waals surface area contributed by atoms with E-state index in [1.54, 1.807) is 17.5 Å². The van der Waals surface area contributed by atoms with Crippen molar-refractivity contribution in [1.29, 1.82) is 0 Å². The zero-order chi connectivity index (χ0) is 21.6. The van der Waals surface area contributed by atoms with Gasteiger partial charge in [-0.3, -0.25) is 4.79 Å². The summed E-state index contributed by atoms with van der Waals surface area (Å²) < 4.78 is 10.1. The van der Waals surface area contributed by atoms with Gasteiger partial charge in [0, 0.05) is 5.56 Å². The highest BCUT2D eigenvalue weighted by atomic mass is 35.5. The number of aliphatic hydroxyl groups is 4. The Balaban J connectivity index is 2.02. The molecule has 0 fully saturated rings. The summed E-state index contributed by atoms with van der Waals surface area (Å²) in [5.41, 5.74) is 0.176. The number of halogens is 2. The van der Waals surface area contributed by atoms with E-state index in [0.29, 0.717) is 4.88 Å². The number of ketones is 1. The SMILES string of the molecule is O=C(COc1ccc(C(=O)c2cccs2)c(Cl)c1Cl)O[C@@H](CO)[C@H](O)[C@H](O)CO. The first-order valence-corrected chi connectivity index (χ1v) is 9.90. The number of rotatable bonds is 10. The molecule has 29 heavy (non-hydrogen) atoms. The highest BCUT2D eigenvalue weighted by Crippen LogP contribution is 2.36. The van der Waals surface area contributed by atoms with E-state index in [1.807, 2.05) is 0 Å². The van der Waals surface area contributed by atoms with E-state index >= 15 is 0 Å². The maximum absolute atomic E-state index is 12.4. The maximum atomic E-state index is 12.4. The molecule has 0 spiro atoms.